The normalized spacial score (nSPS) is 12.8. The van der Waals surface area contributed by atoms with Crippen molar-refractivity contribution in [3.8, 4) is 5.69 Å². The molecule has 4 rings (SSSR count). The van der Waals surface area contributed by atoms with E-state index in [4.69, 9.17) is 34.8 Å². The molecule has 0 saturated heterocycles. The molecule has 28 heavy (non-hydrogen) atoms. The fourth-order valence-corrected chi connectivity index (χ4v) is 3.96. The van der Waals surface area contributed by atoms with Gasteiger partial charge in [0.25, 0.3) is 0 Å². The topological polar surface area (TPSA) is 34.9 Å². The standard InChI is InChI=1S/C22H15Cl3N2O/c23-22(24,25)19(17-11-10-15-6-4-5-7-16(15)14-17)20(28)21-26-12-13-27(21)18-8-2-1-3-9-18/h1-14,19H/t19-/m1/s1. The highest BCUT2D eigenvalue weighted by Crippen LogP contribution is 2.44. The van der Waals surface area contributed by atoms with Crippen LogP contribution in [0.15, 0.2) is 85.2 Å². The van der Waals surface area contributed by atoms with Gasteiger partial charge in [-0.1, -0.05) is 95.5 Å². The largest absolute Gasteiger partial charge is 0.297 e. The van der Waals surface area contributed by atoms with Crippen molar-refractivity contribution in [3.05, 3.63) is 96.6 Å². The first kappa shape index (κ1) is 19.0. The molecule has 0 N–H and O–H groups in total. The molecule has 3 nitrogen and oxygen atoms in total. The number of ketones is 1. The Kier molecular flexibility index (Phi) is 5.15. The van der Waals surface area contributed by atoms with E-state index < -0.39 is 9.71 Å². The van der Waals surface area contributed by atoms with E-state index in [1.54, 1.807) is 17.0 Å². The monoisotopic (exact) mass is 428 g/mol. The summed E-state index contributed by atoms with van der Waals surface area (Å²) in [6, 6.07) is 22.9. The number of benzene rings is 3. The maximum atomic E-state index is 13.4. The number of Topliss-reactive ketones (excluding diaryl/α,β-unsaturated/α-hetero) is 1. The fourth-order valence-electron chi connectivity index (χ4n) is 3.29. The zero-order valence-corrected chi connectivity index (χ0v) is 16.9. The van der Waals surface area contributed by atoms with Gasteiger partial charge < -0.3 is 0 Å². The third-order valence-electron chi connectivity index (χ3n) is 4.59. The van der Waals surface area contributed by atoms with Crippen LogP contribution in [0.25, 0.3) is 16.5 Å². The molecule has 0 bridgehead atoms. The lowest BCUT2D eigenvalue weighted by Crippen LogP contribution is -2.28. The summed E-state index contributed by atoms with van der Waals surface area (Å²) in [5.41, 5.74) is 1.44. The molecule has 0 aliphatic rings. The first-order chi connectivity index (χ1) is 13.4. The van der Waals surface area contributed by atoms with Crippen LogP contribution in [0.3, 0.4) is 0 Å². The minimum absolute atomic E-state index is 0.218. The Morgan fingerprint density at radius 1 is 0.893 bits per heavy atom. The van der Waals surface area contributed by atoms with Gasteiger partial charge in [0.1, 0.15) is 0 Å². The average molecular weight is 430 g/mol. The number of hydrogen-bond acceptors (Lipinski definition) is 2. The molecule has 0 amide bonds. The van der Waals surface area contributed by atoms with Gasteiger partial charge in [0.2, 0.25) is 9.58 Å². The van der Waals surface area contributed by atoms with E-state index in [2.05, 4.69) is 4.98 Å². The molecule has 0 radical (unpaired) electrons. The maximum Gasteiger partial charge on any atom is 0.210 e. The van der Waals surface area contributed by atoms with Crippen LogP contribution in [0.4, 0.5) is 0 Å². The van der Waals surface area contributed by atoms with Gasteiger partial charge >= 0.3 is 0 Å². The summed E-state index contributed by atoms with van der Waals surface area (Å²) in [6.07, 6.45) is 3.29. The van der Waals surface area contributed by atoms with Crippen molar-refractivity contribution in [3.63, 3.8) is 0 Å². The zero-order chi connectivity index (χ0) is 19.7. The average Bonchev–Trinajstić information content (AvgIpc) is 3.17. The van der Waals surface area contributed by atoms with E-state index in [-0.39, 0.29) is 11.6 Å². The number of alkyl halides is 3. The van der Waals surface area contributed by atoms with E-state index in [0.717, 1.165) is 16.5 Å². The van der Waals surface area contributed by atoms with Crippen LogP contribution in [-0.4, -0.2) is 19.1 Å². The summed E-state index contributed by atoms with van der Waals surface area (Å²) in [6.45, 7) is 0. The fraction of sp³-hybridized carbons (Fsp3) is 0.0909. The molecule has 0 aliphatic heterocycles. The number of hydrogen-bond donors (Lipinski definition) is 0. The number of para-hydroxylation sites is 1. The third kappa shape index (κ3) is 3.66. The summed E-state index contributed by atoms with van der Waals surface area (Å²) in [5.74, 6) is -1.13. The molecule has 4 aromatic rings. The van der Waals surface area contributed by atoms with Gasteiger partial charge in [-0.2, -0.15) is 0 Å². The van der Waals surface area contributed by atoms with Crippen molar-refractivity contribution in [1.82, 2.24) is 9.55 Å². The first-order valence-corrected chi connectivity index (χ1v) is 9.77. The molecule has 0 unspecified atom stereocenters. The predicted octanol–water partition coefficient (Wildman–Crippen LogP) is 6.36. The van der Waals surface area contributed by atoms with Gasteiger partial charge in [-0.25, -0.2) is 4.98 Å². The molecule has 0 spiro atoms. The van der Waals surface area contributed by atoms with Crippen molar-refractivity contribution in [2.75, 3.05) is 0 Å². The van der Waals surface area contributed by atoms with Gasteiger partial charge in [0.05, 0.1) is 5.92 Å². The Hall–Kier alpha value is -2.33. The summed E-state index contributed by atoms with van der Waals surface area (Å²) >= 11 is 18.8. The Balaban J connectivity index is 1.81. The highest BCUT2D eigenvalue weighted by Gasteiger charge is 2.41. The minimum Gasteiger partial charge on any atom is -0.297 e. The molecule has 1 heterocycles. The lowest BCUT2D eigenvalue weighted by molar-refractivity contribution is 0.0949. The quantitative estimate of drug-likeness (QED) is 0.279. The summed E-state index contributed by atoms with van der Waals surface area (Å²) in [7, 11) is 0. The van der Waals surface area contributed by atoms with Crippen LogP contribution in [0.5, 0.6) is 0 Å². The molecule has 0 fully saturated rings. The number of carbonyl (C=O) groups is 1. The van der Waals surface area contributed by atoms with Gasteiger partial charge in [-0.05, 0) is 28.5 Å². The molecule has 1 aromatic heterocycles. The van der Waals surface area contributed by atoms with Crippen molar-refractivity contribution in [2.45, 2.75) is 9.71 Å². The first-order valence-electron chi connectivity index (χ1n) is 8.63. The van der Waals surface area contributed by atoms with Crippen molar-refractivity contribution in [1.29, 1.82) is 0 Å². The summed E-state index contributed by atoms with van der Waals surface area (Å²) in [5, 5.41) is 2.02. The van der Waals surface area contributed by atoms with Crippen LogP contribution in [0.2, 0.25) is 0 Å². The van der Waals surface area contributed by atoms with Gasteiger partial charge in [0.15, 0.2) is 5.82 Å². The van der Waals surface area contributed by atoms with Crippen molar-refractivity contribution >= 4 is 51.4 Å². The Bertz CT molecular complexity index is 1130. The number of carbonyl (C=O) groups excluding carboxylic acids is 1. The van der Waals surface area contributed by atoms with E-state index in [0.29, 0.717) is 5.56 Å². The third-order valence-corrected chi connectivity index (χ3v) is 5.25. The number of nitrogens with zero attached hydrogens (tertiary/aromatic N) is 2. The van der Waals surface area contributed by atoms with Crippen LogP contribution in [0.1, 0.15) is 22.1 Å². The van der Waals surface area contributed by atoms with Gasteiger partial charge in [-0.15, -0.1) is 0 Å². The van der Waals surface area contributed by atoms with Crippen molar-refractivity contribution < 1.29 is 4.79 Å². The number of fused-ring (bicyclic) bond motifs is 1. The summed E-state index contributed by atoms with van der Waals surface area (Å²) < 4.78 is -0.125. The summed E-state index contributed by atoms with van der Waals surface area (Å²) in [4.78, 5) is 17.7. The van der Waals surface area contributed by atoms with E-state index in [1.807, 2.05) is 72.8 Å². The molecule has 6 heteroatoms. The lowest BCUT2D eigenvalue weighted by Gasteiger charge is -2.24. The number of rotatable bonds is 4. The van der Waals surface area contributed by atoms with E-state index >= 15 is 0 Å². The highest BCUT2D eigenvalue weighted by molar-refractivity contribution is 6.69. The zero-order valence-electron chi connectivity index (χ0n) is 14.6. The van der Waals surface area contributed by atoms with Crippen LogP contribution >= 0.6 is 34.8 Å². The van der Waals surface area contributed by atoms with Crippen LogP contribution in [0, 0.1) is 0 Å². The molecule has 0 saturated carbocycles. The Labute approximate surface area is 177 Å². The molecule has 3 aromatic carbocycles. The molecule has 140 valence electrons. The number of halogens is 3. The molecule has 0 aliphatic carbocycles. The maximum absolute atomic E-state index is 13.4. The second-order valence-corrected chi connectivity index (χ2v) is 8.77. The minimum atomic E-state index is -1.83. The van der Waals surface area contributed by atoms with E-state index in [1.165, 1.54) is 0 Å². The van der Waals surface area contributed by atoms with Crippen LogP contribution in [-0.2, 0) is 0 Å². The Morgan fingerprint density at radius 2 is 1.57 bits per heavy atom. The Morgan fingerprint density at radius 3 is 2.29 bits per heavy atom. The smallest absolute Gasteiger partial charge is 0.210 e. The molecular formula is C22H15Cl3N2O. The van der Waals surface area contributed by atoms with E-state index in [9.17, 15) is 4.79 Å². The highest BCUT2D eigenvalue weighted by atomic mass is 35.6. The molecular weight excluding hydrogens is 415 g/mol. The number of imidazole rings is 1. The van der Waals surface area contributed by atoms with Crippen LogP contribution < -0.4 is 0 Å². The molecule has 1 atom stereocenters. The second kappa shape index (κ2) is 7.59. The lowest BCUT2D eigenvalue weighted by atomic mass is 9.93. The van der Waals surface area contributed by atoms with Gasteiger partial charge in [-0.3, -0.25) is 9.36 Å². The SMILES string of the molecule is O=C(c1nccn1-c1ccccc1)[C@@H](c1ccc2ccccc2c1)C(Cl)(Cl)Cl. The number of aromatic nitrogens is 2. The second-order valence-electron chi connectivity index (χ2n) is 6.40. The predicted molar refractivity (Wildman–Crippen MR) is 115 cm³/mol. The van der Waals surface area contributed by atoms with Gasteiger partial charge in [0, 0.05) is 18.1 Å². The van der Waals surface area contributed by atoms with Crippen molar-refractivity contribution in [2.24, 2.45) is 0 Å².